The van der Waals surface area contributed by atoms with Crippen molar-refractivity contribution in [2.75, 3.05) is 12.8 Å². The molecule has 2 N–H and O–H groups in total. The summed E-state index contributed by atoms with van der Waals surface area (Å²) in [6.07, 6.45) is 0.509. The molecule has 5 nitrogen and oxygen atoms in total. The first-order valence-corrected chi connectivity index (χ1v) is 3.39. The Hall–Kier alpha value is -1.36. The molecule has 1 rings (SSSR count). The lowest BCUT2D eigenvalue weighted by atomic mass is 10.3. The lowest BCUT2D eigenvalue weighted by molar-refractivity contribution is 0.112. The van der Waals surface area contributed by atoms with Gasteiger partial charge in [-0.1, -0.05) is 11.6 Å². The second-order valence-electron chi connectivity index (χ2n) is 1.95. The standard InChI is InChI=1S/C6H6ClN3O2/c1-12-6-4(8)3(2-11)5(7)9-10-6/h2H,1H3,(H2,8,9). The average molecular weight is 188 g/mol. The number of carbonyl (C=O) groups excluding carboxylic acids is 1. The van der Waals surface area contributed by atoms with Crippen molar-refractivity contribution >= 4 is 23.6 Å². The van der Waals surface area contributed by atoms with E-state index in [-0.39, 0.29) is 22.3 Å². The van der Waals surface area contributed by atoms with Crippen molar-refractivity contribution in [3.05, 3.63) is 10.7 Å². The molecule has 0 aromatic carbocycles. The number of nitrogen functional groups attached to an aromatic ring is 1. The van der Waals surface area contributed by atoms with Crippen molar-refractivity contribution < 1.29 is 9.53 Å². The minimum atomic E-state index is -0.0247. The number of nitrogens with two attached hydrogens (primary N) is 1. The van der Waals surface area contributed by atoms with Crippen molar-refractivity contribution in [2.45, 2.75) is 0 Å². The lowest BCUT2D eigenvalue weighted by Crippen LogP contribution is -2.02. The fraction of sp³-hybridized carbons (Fsp3) is 0.167. The third-order valence-corrected chi connectivity index (χ3v) is 1.56. The van der Waals surface area contributed by atoms with Crippen molar-refractivity contribution in [3.63, 3.8) is 0 Å². The number of nitrogens with zero attached hydrogens (tertiary/aromatic N) is 2. The van der Waals surface area contributed by atoms with Crippen LogP contribution in [0.3, 0.4) is 0 Å². The Morgan fingerprint density at radius 2 is 2.25 bits per heavy atom. The zero-order valence-corrected chi connectivity index (χ0v) is 7.00. The van der Waals surface area contributed by atoms with Crippen LogP contribution in [-0.4, -0.2) is 23.6 Å². The first kappa shape index (κ1) is 8.73. The number of carbonyl (C=O) groups is 1. The van der Waals surface area contributed by atoms with Gasteiger partial charge in [-0.2, -0.15) is 0 Å². The number of methoxy groups -OCH3 is 1. The number of rotatable bonds is 2. The quantitative estimate of drug-likeness (QED) is 0.684. The van der Waals surface area contributed by atoms with E-state index in [2.05, 4.69) is 10.2 Å². The van der Waals surface area contributed by atoms with E-state index in [4.69, 9.17) is 22.1 Å². The molecule has 0 aliphatic rings. The molecule has 0 saturated carbocycles. The summed E-state index contributed by atoms with van der Waals surface area (Å²) in [7, 11) is 1.38. The smallest absolute Gasteiger partial charge is 0.257 e. The summed E-state index contributed by atoms with van der Waals surface area (Å²) in [6.45, 7) is 0. The summed E-state index contributed by atoms with van der Waals surface area (Å²) in [5, 5.41) is 6.95. The normalized spacial score (nSPS) is 9.50. The van der Waals surface area contributed by atoms with Crippen LogP contribution < -0.4 is 10.5 Å². The second kappa shape index (κ2) is 3.36. The van der Waals surface area contributed by atoms with Crippen LogP contribution in [0.4, 0.5) is 5.69 Å². The van der Waals surface area contributed by atoms with E-state index in [1.807, 2.05) is 0 Å². The molecule has 1 aromatic heterocycles. The molecular formula is C6H6ClN3O2. The van der Waals surface area contributed by atoms with Crippen LogP contribution in [0.5, 0.6) is 5.88 Å². The maximum atomic E-state index is 10.4. The van der Waals surface area contributed by atoms with E-state index in [1.165, 1.54) is 7.11 Å². The van der Waals surface area contributed by atoms with Crippen LogP contribution in [-0.2, 0) is 0 Å². The van der Waals surface area contributed by atoms with Crippen molar-refractivity contribution in [1.29, 1.82) is 0 Å². The SMILES string of the molecule is COc1nnc(Cl)c(C=O)c1N. The van der Waals surface area contributed by atoms with Gasteiger partial charge in [-0.25, -0.2) is 0 Å². The highest BCUT2D eigenvalue weighted by Gasteiger charge is 2.11. The Kier molecular flexibility index (Phi) is 2.44. The molecule has 0 saturated heterocycles. The van der Waals surface area contributed by atoms with Crippen LogP contribution in [0.2, 0.25) is 5.15 Å². The van der Waals surface area contributed by atoms with Gasteiger partial charge in [0.1, 0.15) is 5.69 Å². The van der Waals surface area contributed by atoms with Crippen molar-refractivity contribution in [3.8, 4) is 5.88 Å². The highest BCUT2D eigenvalue weighted by Crippen LogP contribution is 2.24. The monoisotopic (exact) mass is 187 g/mol. The molecule has 0 radical (unpaired) electrons. The van der Waals surface area contributed by atoms with Crippen LogP contribution in [0.25, 0.3) is 0 Å². The molecule has 0 fully saturated rings. The molecule has 12 heavy (non-hydrogen) atoms. The third-order valence-electron chi connectivity index (χ3n) is 1.28. The fourth-order valence-electron chi connectivity index (χ4n) is 0.686. The van der Waals surface area contributed by atoms with Gasteiger partial charge in [0, 0.05) is 0 Å². The molecule has 64 valence electrons. The molecular weight excluding hydrogens is 182 g/mol. The molecule has 6 heteroatoms. The van der Waals surface area contributed by atoms with Gasteiger partial charge in [0.15, 0.2) is 11.4 Å². The Labute approximate surface area is 73.5 Å². The van der Waals surface area contributed by atoms with E-state index in [9.17, 15) is 4.79 Å². The average Bonchev–Trinajstić information content (AvgIpc) is 2.06. The largest absolute Gasteiger partial charge is 0.478 e. The molecule has 0 bridgehead atoms. The molecule has 0 atom stereocenters. The van der Waals surface area contributed by atoms with E-state index in [0.29, 0.717) is 6.29 Å². The second-order valence-corrected chi connectivity index (χ2v) is 2.30. The summed E-state index contributed by atoms with van der Waals surface area (Å²) in [4.78, 5) is 10.4. The molecule has 0 amide bonds. The van der Waals surface area contributed by atoms with E-state index < -0.39 is 0 Å². The fourth-order valence-corrected chi connectivity index (χ4v) is 0.870. The van der Waals surface area contributed by atoms with E-state index in [1.54, 1.807) is 0 Å². The number of hydrogen-bond acceptors (Lipinski definition) is 5. The third kappa shape index (κ3) is 1.31. The first-order valence-electron chi connectivity index (χ1n) is 3.01. The highest BCUT2D eigenvalue weighted by molar-refractivity contribution is 6.32. The van der Waals surface area contributed by atoms with Crippen LogP contribution in [0, 0.1) is 0 Å². The molecule has 0 aliphatic heterocycles. The van der Waals surface area contributed by atoms with Gasteiger partial charge in [-0.15, -0.1) is 10.2 Å². The van der Waals surface area contributed by atoms with Gasteiger partial charge in [0.25, 0.3) is 5.88 Å². The van der Waals surface area contributed by atoms with Gasteiger partial charge in [0.2, 0.25) is 0 Å². The topological polar surface area (TPSA) is 78.1 Å². The number of aromatic nitrogens is 2. The predicted octanol–water partition coefficient (Wildman–Crippen LogP) is 0.533. The minimum Gasteiger partial charge on any atom is -0.478 e. The zero-order chi connectivity index (χ0) is 9.14. The number of anilines is 1. The predicted molar refractivity (Wildman–Crippen MR) is 43.4 cm³/mol. The Morgan fingerprint density at radius 1 is 1.58 bits per heavy atom. The Bertz CT molecular complexity index is 316. The number of halogens is 1. The number of ether oxygens (including phenoxy) is 1. The molecule has 0 spiro atoms. The van der Waals surface area contributed by atoms with Gasteiger partial charge in [-0.05, 0) is 0 Å². The minimum absolute atomic E-state index is 0.0247. The van der Waals surface area contributed by atoms with Gasteiger partial charge >= 0.3 is 0 Å². The van der Waals surface area contributed by atoms with Gasteiger partial charge in [0.05, 0.1) is 12.7 Å². The van der Waals surface area contributed by atoms with Crippen LogP contribution in [0.1, 0.15) is 10.4 Å². The molecule has 0 unspecified atom stereocenters. The first-order chi connectivity index (χ1) is 5.70. The van der Waals surface area contributed by atoms with Crippen molar-refractivity contribution in [1.82, 2.24) is 10.2 Å². The lowest BCUT2D eigenvalue weighted by Gasteiger charge is -2.03. The maximum absolute atomic E-state index is 10.4. The summed E-state index contributed by atoms with van der Waals surface area (Å²) in [5.41, 5.74) is 5.67. The summed E-state index contributed by atoms with van der Waals surface area (Å²) in [5.74, 6) is 0.0986. The summed E-state index contributed by atoms with van der Waals surface area (Å²) < 4.78 is 4.73. The summed E-state index contributed by atoms with van der Waals surface area (Å²) >= 11 is 5.52. The highest BCUT2D eigenvalue weighted by atomic mass is 35.5. The Morgan fingerprint density at radius 3 is 2.75 bits per heavy atom. The van der Waals surface area contributed by atoms with Gasteiger partial charge in [-0.3, -0.25) is 4.79 Å². The zero-order valence-electron chi connectivity index (χ0n) is 6.24. The van der Waals surface area contributed by atoms with Crippen LogP contribution in [0.15, 0.2) is 0 Å². The maximum Gasteiger partial charge on any atom is 0.257 e. The molecule has 1 heterocycles. The Balaban J connectivity index is 3.33. The van der Waals surface area contributed by atoms with Crippen molar-refractivity contribution in [2.24, 2.45) is 0 Å². The number of hydrogen-bond donors (Lipinski definition) is 1. The molecule has 1 aromatic rings. The summed E-state index contributed by atoms with van der Waals surface area (Å²) in [6, 6.07) is 0. The number of aldehydes is 1. The van der Waals surface area contributed by atoms with Crippen LogP contribution >= 0.6 is 11.6 Å². The molecule has 0 aliphatic carbocycles. The van der Waals surface area contributed by atoms with E-state index >= 15 is 0 Å². The van der Waals surface area contributed by atoms with Gasteiger partial charge < -0.3 is 10.5 Å². The van der Waals surface area contributed by atoms with E-state index in [0.717, 1.165) is 0 Å².